The third-order valence-electron chi connectivity index (χ3n) is 3.57. The second kappa shape index (κ2) is 8.13. The predicted octanol–water partition coefficient (Wildman–Crippen LogP) is 1.52. The first kappa shape index (κ1) is 17.5. The van der Waals surface area contributed by atoms with Gasteiger partial charge in [-0.05, 0) is 32.2 Å². The van der Waals surface area contributed by atoms with E-state index in [4.69, 9.17) is 21.1 Å². The minimum Gasteiger partial charge on any atom is -0.494 e. The Labute approximate surface area is 137 Å². The number of hydrogen-bond donors (Lipinski definition) is 2. The largest absolute Gasteiger partial charge is 0.494 e. The molecule has 0 spiro atoms. The highest BCUT2D eigenvalue weighted by atomic mass is 35.5. The summed E-state index contributed by atoms with van der Waals surface area (Å²) in [4.78, 5) is 2.06. The van der Waals surface area contributed by atoms with Gasteiger partial charge in [0.2, 0.25) is 0 Å². The maximum absolute atomic E-state index is 10.6. The number of nitrogens with one attached hydrogen (secondary N) is 1. The molecule has 1 aromatic rings. The maximum Gasteiger partial charge on any atom is 0.123 e. The lowest BCUT2D eigenvalue weighted by molar-refractivity contribution is -0.0462. The van der Waals surface area contributed by atoms with E-state index in [9.17, 15) is 5.11 Å². The molecule has 124 valence electrons. The zero-order valence-corrected chi connectivity index (χ0v) is 14.0. The summed E-state index contributed by atoms with van der Waals surface area (Å²) >= 11 is 6.09. The van der Waals surface area contributed by atoms with Gasteiger partial charge in [0.1, 0.15) is 11.4 Å². The molecule has 1 heterocycles. The van der Waals surface area contributed by atoms with Crippen molar-refractivity contribution in [3.63, 3.8) is 0 Å². The van der Waals surface area contributed by atoms with E-state index in [0.717, 1.165) is 17.9 Å². The Hall–Kier alpha value is -0.850. The first-order valence-corrected chi connectivity index (χ1v) is 8.01. The lowest BCUT2D eigenvalue weighted by Crippen LogP contribution is -2.50. The molecule has 22 heavy (non-hydrogen) atoms. The topological polar surface area (TPSA) is 54.0 Å². The Morgan fingerprint density at radius 2 is 2.32 bits per heavy atom. The number of likely N-dealkylation sites (N-methyl/N-ethyl adjacent to an activating group) is 1. The number of hydrogen-bond acceptors (Lipinski definition) is 5. The monoisotopic (exact) mass is 328 g/mol. The predicted molar refractivity (Wildman–Crippen MR) is 87.6 cm³/mol. The van der Waals surface area contributed by atoms with Crippen LogP contribution >= 0.6 is 11.6 Å². The molecule has 2 rings (SSSR count). The summed E-state index contributed by atoms with van der Waals surface area (Å²) in [7, 11) is 1.97. The summed E-state index contributed by atoms with van der Waals surface area (Å²) in [6, 6.07) is 5.63. The molecule has 2 N–H and O–H groups in total. The van der Waals surface area contributed by atoms with Gasteiger partial charge in [0.25, 0.3) is 0 Å². The first-order chi connectivity index (χ1) is 10.5. The van der Waals surface area contributed by atoms with Gasteiger partial charge in [0.05, 0.1) is 19.8 Å². The summed E-state index contributed by atoms with van der Waals surface area (Å²) in [6.45, 7) is 6.02. The molecule has 5 nitrogen and oxygen atoms in total. The van der Waals surface area contributed by atoms with Gasteiger partial charge in [-0.2, -0.15) is 0 Å². The van der Waals surface area contributed by atoms with Crippen molar-refractivity contribution in [1.29, 1.82) is 0 Å². The molecule has 1 aliphatic heterocycles. The molecule has 1 aromatic carbocycles. The van der Waals surface area contributed by atoms with Gasteiger partial charge < -0.3 is 19.9 Å². The van der Waals surface area contributed by atoms with Crippen LogP contribution in [0.2, 0.25) is 5.02 Å². The van der Waals surface area contributed by atoms with Crippen LogP contribution in [0, 0.1) is 0 Å². The molecular weight excluding hydrogens is 304 g/mol. The van der Waals surface area contributed by atoms with Crippen molar-refractivity contribution in [1.82, 2.24) is 10.2 Å². The van der Waals surface area contributed by atoms with Crippen LogP contribution in [0.4, 0.5) is 0 Å². The highest BCUT2D eigenvalue weighted by Gasteiger charge is 2.30. The number of ether oxygens (including phenoxy) is 2. The highest BCUT2D eigenvalue weighted by Crippen LogP contribution is 2.24. The van der Waals surface area contributed by atoms with E-state index in [1.165, 1.54) is 0 Å². The number of nitrogens with zero attached hydrogens (tertiary/aromatic N) is 1. The second-order valence-electron chi connectivity index (χ2n) is 5.81. The number of benzene rings is 1. The summed E-state index contributed by atoms with van der Waals surface area (Å²) in [5.41, 5.74) is 0.137. The fraction of sp³-hybridized carbons (Fsp3) is 0.625. The zero-order chi connectivity index (χ0) is 16.0. The molecule has 0 aliphatic carbocycles. The molecule has 0 bridgehead atoms. The van der Waals surface area contributed by atoms with Crippen LogP contribution in [0.3, 0.4) is 0 Å². The number of aliphatic hydroxyl groups is 1. The standard InChI is InChI=1S/C16H25ClN2O3/c1-3-22-15-5-4-14(17)8-13(15)9-19(2)11-16(20)10-18-6-7-21-12-16/h4-5,8,18,20H,3,6-7,9-12H2,1-2H3/t16-/m1/s1. The Kier molecular flexibility index (Phi) is 6.47. The Bertz CT molecular complexity index is 476. The minimum absolute atomic E-state index is 0.345. The molecule has 0 saturated carbocycles. The molecular formula is C16H25ClN2O3. The summed E-state index contributed by atoms with van der Waals surface area (Å²) in [5, 5.41) is 14.5. The molecule has 0 amide bonds. The maximum atomic E-state index is 10.6. The zero-order valence-electron chi connectivity index (χ0n) is 13.3. The number of β-amino-alcohol motifs (C(OH)–C–C–N with tert-alkyl or cyclic N) is 1. The van der Waals surface area contributed by atoms with Crippen molar-refractivity contribution in [2.45, 2.75) is 19.1 Å². The van der Waals surface area contributed by atoms with Crippen molar-refractivity contribution in [3.8, 4) is 5.75 Å². The lowest BCUT2D eigenvalue weighted by Gasteiger charge is -2.31. The van der Waals surface area contributed by atoms with Crippen molar-refractivity contribution in [2.75, 3.05) is 46.5 Å². The average molecular weight is 329 g/mol. The Morgan fingerprint density at radius 1 is 1.50 bits per heavy atom. The smallest absolute Gasteiger partial charge is 0.123 e. The summed E-state index contributed by atoms with van der Waals surface area (Å²) in [6.07, 6.45) is 0. The van der Waals surface area contributed by atoms with Gasteiger partial charge in [-0.15, -0.1) is 0 Å². The van der Waals surface area contributed by atoms with Crippen LogP contribution < -0.4 is 10.1 Å². The van der Waals surface area contributed by atoms with E-state index in [2.05, 4.69) is 10.2 Å². The van der Waals surface area contributed by atoms with Crippen LogP contribution in [0.25, 0.3) is 0 Å². The molecule has 0 unspecified atom stereocenters. The highest BCUT2D eigenvalue weighted by molar-refractivity contribution is 6.30. The Balaban J connectivity index is 2.01. The van der Waals surface area contributed by atoms with Gasteiger partial charge in [0.15, 0.2) is 0 Å². The van der Waals surface area contributed by atoms with Crippen LogP contribution in [0.1, 0.15) is 12.5 Å². The van der Waals surface area contributed by atoms with E-state index in [1.54, 1.807) is 0 Å². The lowest BCUT2D eigenvalue weighted by atomic mass is 10.0. The van der Waals surface area contributed by atoms with Gasteiger partial charge in [-0.3, -0.25) is 4.90 Å². The fourth-order valence-electron chi connectivity index (χ4n) is 2.70. The van der Waals surface area contributed by atoms with E-state index < -0.39 is 5.60 Å². The molecule has 0 aromatic heterocycles. The normalized spacial score (nSPS) is 22.6. The third kappa shape index (κ3) is 5.11. The first-order valence-electron chi connectivity index (χ1n) is 7.63. The van der Waals surface area contributed by atoms with Crippen LogP contribution in [0.5, 0.6) is 5.75 Å². The van der Waals surface area contributed by atoms with Gasteiger partial charge in [0, 0.05) is 36.8 Å². The summed E-state index contributed by atoms with van der Waals surface area (Å²) < 4.78 is 11.1. The van der Waals surface area contributed by atoms with E-state index in [1.807, 2.05) is 32.2 Å². The summed E-state index contributed by atoms with van der Waals surface area (Å²) in [5.74, 6) is 0.834. The van der Waals surface area contributed by atoms with Crippen LogP contribution in [0.15, 0.2) is 18.2 Å². The van der Waals surface area contributed by atoms with Crippen molar-refractivity contribution in [3.05, 3.63) is 28.8 Å². The second-order valence-corrected chi connectivity index (χ2v) is 6.25. The van der Waals surface area contributed by atoms with Crippen molar-refractivity contribution >= 4 is 11.6 Å². The van der Waals surface area contributed by atoms with Crippen LogP contribution in [-0.4, -0.2) is 62.1 Å². The fourth-order valence-corrected chi connectivity index (χ4v) is 2.89. The Morgan fingerprint density at radius 3 is 3.09 bits per heavy atom. The van der Waals surface area contributed by atoms with Gasteiger partial charge in [-0.1, -0.05) is 11.6 Å². The van der Waals surface area contributed by atoms with Crippen molar-refractivity contribution < 1.29 is 14.6 Å². The minimum atomic E-state index is -0.879. The van der Waals surface area contributed by atoms with Crippen LogP contribution in [-0.2, 0) is 11.3 Å². The molecule has 1 atom stereocenters. The quantitative estimate of drug-likeness (QED) is 0.829. The number of halogens is 1. The third-order valence-corrected chi connectivity index (χ3v) is 3.81. The SMILES string of the molecule is CCOc1ccc(Cl)cc1CN(C)C[C@]1(O)CNCCOC1. The van der Waals surface area contributed by atoms with E-state index in [0.29, 0.717) is 44.5 Å². The van der Waals surface area contributed by atoms with Crippen molar-refractivity contribution in [2.24, 2.45) is 0 Å². The molecule has 1 saturated heterocycles. The average Bonchev–Trinajstić information content (AvgIpc) is 2.66. The van der Waals surface area contributed by atoms with Gasteiger partial charge >= 0.3 is 0 Å². The molecule has 6 heteroatoms. The van der Waals surface area contributed by atoms with E-state index >= 15 is 0 Å². The molecule has 1 fully saturated rings. The van der Waals surface area contributed by atoms with Gasteiger partial charge in [-0.25, -0.2) is 0 Å². The van der Waals surface area contributed by atoms with E-state index in [-0.39, 0.29) is 0 Å². The number of rotatable bonds is 6. The molecule has 0 radical (unpaired) electrons. The molecule has 1 aliphatic rings.